The van der Waals surface area contributed by atoms with Crippen molar-refractivity contribution in [2.75, 3.05) is 7.11 Å². The van der Waals surface area contributed by atoms with Crippen LogP contribution in [0.1, 0.15) is 0 Å². The van der Waals surface area contributed by atoms with Crippen molar-refractivity contribution in [1.82, 2.24) is 4.98 Å². The Kier molecular flexibility index (Phi) is 3.41. The molecule has 0 N–H and O–H groups in total. The first-order chi connectivity index (χ1) is 7.79. The number of methoxy groups -OCH3 is 1. The predicted octanol–water partition coefficient (Wildman–Crippen LogP) is 3.65. The molecule has 0 aliphatic carbocycles. The zero-order valence-electron chi connectivity index (χ0n) is 8.68. The first-order valence-electron chi connectivity index (χ1n) is 4.72. The van der Waals surface area contributed by atoms with E-state index in [4.69, 9.17) is 9.47 Å². The first-order valence-corrected chi connectivity index (χ1v) is 5.51. The summed E-state index contributed by atoms with van der Waals surface area (Å²) in [5.74, 6) is 2.05. The van der Waals surface area contributed by atoms with Crippen LogP contribution in [0.5, 0.6) is 17.4 Å². The lowest BCUT2D eigenvalue weighted by Gasteiger charge is -2.07. The molecule has 0 aliphatic heterocycles. The largest absolute Gasteiger partial charge is 0.497 e. The third-order valence-electron chi connectivity index (χ3n) is 1.99. The fourth-order valence-corrected chi connectivity index (χ4v) is 1.65. The van der Waals surface area contributed by atoms with Gasteiger partial charge < -0.3 is 9.47 Å². The highest BCUT2D eigenvalue weighted by Gasteiger charge is 2.04. The van der Waals surface area contributed by atoms with Crippen LogP contribution in [0, 0.1) is 0 Å². The van der Waals surface area contributed by atoms with E-state index in [-0.39, 0.29) is 0 Å². The van der Waals surface area contributed by atoms with E-state index in [2.05, 4.69) is 20.9 Å². The smallest absolute Gasteiger partial charge is 0.219 e. The molecule has 0 amide bonds. The van der Waals surface area contributed by atoms with Gasteiger partial charge in [0.05, 0.1) is 11.6 Å². The second-order valence-corrected chi connectivity index (χ2v) is 3.92. The number of benzene rings is 1. The van der Waals surface area contributed by atoms with Gasteiger partial charge in [0.2, 0.25) is 5.88 Å². The van der Waals surface area contributed by atoms with Crippen LogP contribution in [-0.2, 0) is 0 Å². The van der Waals surface area contributed by atoms with E-state index in [0.29, 0.717) is 11.6 Å². The molecule has 0 saturated heterocycles. The van der Waals surface area contributed by atoms with Gasteiger partial charge in [-0.25, -0.2) is 4.98 Å². The van der Waals surface area contributed by atoms with E-state index >= 15 is 0 Å². The Morgan fingerprint density at radius 3 is 2.69 bits per heavy atom. The second kappa shape index (κ2) is 4.99. The molecule has 16 heavy (non-hydrogen) atoms. The molecule has 2 aromatic rings. The average Bonchev–Trinajstić information content (AvgIpc) is 2.33. The number of hydrogen-bond acceptors (Lipinski definition) is 3. The normalized spacial score (nSPS) is 9.88. The molecule has 0 aliphatic rings. The summed E-state index contributed by atoms with van der Waals surface area (Å²) in [6.45, 7) is 0. The van der Waals surface area contributed by atoms with Crippen LogP contribution >= 0.6 is 15.9 Å². The molecule has 3 nitrogen and oxygen atoms in total. The van der Waals surface area contributed by atoms with Gasteiger partial charge in [0.25, 0.3) is 0 Å². The molecule has 0 radical (unpaired) electrons. The quantitative estimate of drug-likeness (QED) is 0.860. The fraction of sp³-hybridized carbons (Fsp3) is 0.0833. The number of nitrogens with zero attached hydrogens (tertiary/aromatic N) is 1. The Labute approximate surface area is 102 Å². The minimum absolute atomic E-state index is 0.563. The van der Waals surface area contributed by atoms with Crippen molar-refractivity contribution in [3.8, 4) is 17.4 Å². The summed E-state index contributed by atoms with van der Waals surface area (Å²) in [6, 6.07) is 11.0. The molecule has 1 heterocycles. The Balaban J connectivity index is 2.22. The Morgan fingerprint density at radius 2 is 2.06 bits per heavy atom. The van der Waals surface area contributed by atoms with Crippen LogP contribution in [0.4, 0.5) is 0 Å². The van der Waals surface area contributed by atoms with Gasteiger partial charge in [-0.2, -0.15) is 0 Å². The zero-order valence-corrected chi connectivity index (χ0v) is 10.3. The molecule has 0 fully saturated rings. The number of ether oxygens (including phenoxy) is 2. The van der Waals surface area contributed by atoms with Gasteiger partial charge in [-0.3, -0.25) is 0 Å². The molecule has 0 unspecified atom stereocenters. The SMILES string of the molecule is COc1ccc(Oc2ccccn2)c(Br)c1. The van der Waals surface area contributed by atoms with E-state index in [1.165, 1.54) is 0 Å². The molecule has 0 saturated carbocycles. The maximum Gasteiger partial charge on any atom is 0.219 e. The number of rotatable bonds is 3. The summed E-state index contributed by atoms with van der Waals surface area (Å²) in [5.41, 5.74) is 0. The predicted molar refractivity (Wildman–Crippen MR) is 65.0 cm³/mol. The molecule has 2 rings (SSSR count). The van der Waals surface area contributed by atoms with Crippen LogP contribution in [0.2, 0.25) is 0 Å². The molecule has 4 heteroatoms. The maximum atomic E-state index is 5.60. The monoisotopic (exact) mass is 279 g/mol. The third kappa shape index (κ3) is 2.52. The van der Waals surface area contributed by atoms with Gasteiger partial charge in [-0.15, -0.1) is 0 Å². The Hall–Kier alpha value is -1.55. The zero-order chi connectivity index (χ0) is 11.4. The second-order valence-electron chi connectivity index (χ2n) is 3.07. The van der Waals surface area contributed by atoms with Gasteiger partial charge in [0, 0.05) is 12.3 Å². The van der Waals surface area contributed by atoms with Crippen LogP contribution in [-0.4, -0.2) is 12.1 Å². The highest BCUT2D eigenvalue weighted by Crippen LogP contribution is 2.31. The summed E-state index contributed by atoms with van der Waals surface area (Å²) in [7, 11) is 1.63. The van der Waals surface area contributed by atoms with Gasteiger partial charge in [-0.1, -0.05) is 6.07 Å². The van der Waals surface area contributed by atoms with Crippen LogP contribution in [0.25, 0.3) is 0 Å². The first kappa shape index (κ1) is 11.0. The number of halogens is 1. The van der Waals surface area contributed by atoms with Crippen molar-refractivity contribution >= 4 is 15.9 Å². The Bertz CT molecular complexity index is 474. The van der Waals surface area contributed by atoms with E-state index in [9.17, 15) is 0 Å². The molecular weight excluding hydrogens is 270 g/mol. The highest BCUT2D eigenvalue weighted by molar-refractivity contribution is 9.10. The van der Waals surface area contributed by atoms with Crippen LogP contribution in [0.3, 0.4) is 0 Å². The molecule has 82 valence electrons. The lowest BCUT2D eigenvalue weighted by atomic mass is 10.3. The third-order valence-corrected chi connectivity index (χ3v) is 2.61. The Morgan fingerprint density at radius 1 is 1.19 bits per heavy atom. The molecular formula is C12H10BrNO2. The number of aromatic nitrogens is 1. The summed E-state index contributed by atoms with van der Waals surface area (Å²) in [5, 5.41) is 0. The van der Waals surface area contributed by atoms with Gasteiger partial charge in [0.1, 0.15) is 11.5 Å². The summed E-state index contributed by atoms with van der Waals surface area (Å²) in [4.78, 5) is 4.08. The summed E-state index contributed by atoms with van der Waals surface area (Å²) < 4.78 is 11.5. The van der Waals surface area contributed by atoms with Gasteiger partial charge in [-0.05, 0) is 40.2 Å². The van der Waals surface area contributed by atoms with Crippen molar-refractivity contribution in [2.24, 2.45) is 0 Å². The molecule has 0 atom stereocenters. The van der Waals surface area contributed by atoms with Crippen molar-refractivity contribution in [1.29, 1.82) is 0 Å². The fourth-order valence-electron chi connectivity index (χ4n) is 1.21. The minimum atomic E-state index is 0.563. The van der Waals surface area contributed by atoms with Crippen molar-refractivity contribution in [3.05, 3.63) is 47.1 Å². The van der Waals surface area contributed by atoms with E-state index in [1.807, 2.05) is 30.3 Å². The number of pyridine rings is 1. The van der Waals surface area contributed by atoms with Gasteiger partial charge in [0.15, 0.2) is 0 Å². The lowest BCUT2D eigenvalue weighted by Crippen LogP contribution is -1.89. The summed E-state index contributed by atoms with van der Waals surface area (Å²) in [6.07, 6.45) is 1.69. The minimum Gasteiger partial charge on any atom is -0.497 e. The molecule has 0 spiro atoms. The maximum absolute atomic E-state index is 5.60. The number of hydrogen-bond donors (Lipinski definition) is 0. The lowest BCUT2D eigenvalue weighted by molar-refractivity contribution is 0.411. The van der Waals surface area contributed by atoms with E-state index in [0.717, 1.165) is 10.2 Å². The average molecular weight is 280 g/mol. The van der Waals surface area contributed by atoms with Gasteiger partial charge >= 0.3 is 0 Å². The summed E-state index contributed by atoms with van der Waals surface area (Å²) >= 11 is 3.41. The van der Waals surface area contributed by atoms with Crippen molar-refractivity contribution < 1.29 is 9.47 Å². The van der Waals surface area contributed by atoms with Crippen molar-refractivity contribution in [2.45, 2.75) is 0 Å². The standard InChI is InChI=1S/C12H10BrNO2/c1-15-9-5-6-11(10(13)8-9)16-12-4-2-3-7-14-12/h2-8H,1H3. The van der Waals surface area contributed by atoms with Crippen molar-refractivity contribution in [3.63, 3.8) is 0 Å². The topological polar surface area (TPSA) is 31.4 Å². The molecule has 1 aromatic carbocycles. The van der Waals surface area contributed by atoms with Crippen LogP contribution in [0.15, 0.2) is 47.1 Å². The van der Waals surface area contributed by atoms with E-state index < -0.39 is 0 Å². The molecule has 0 bridgehead atoms. The highest BCUT2D eigenvalue weighted by atomic mass is 79.9. The van der Waals surface area contributed by atoms with E-state index in [1.54, 1.807) is 19.4 Å². The molecule has 1 aromatic heterocycles. The van der Waals surface area contributed by atoms with Crippen LogP contribution < -0.4 is 9.47 Å².